The summed E-state index contributed by atoms with van der Waals surface area (Å²) < 4.78 is 8.48. The predicted octanol–water partition coefficient (Wildman–Crippen LogP) is 15.4. The van der Waals surface area contributed by atoms with Gasteiger partial charge in [0, 0.05) is 37.4 Å². The normalized spacial score (nSPS) is 13.4. The summed E-state index contributed by atoms with van der Waals surface area (Å²) in [5.74, 6) is 2.26. The van der Waals surface area contributed by atoms with Crippen molar-refractivity contribution in [2.24, 2.45) is 0 Å². The van der Waals surface area contributed by atoms with Crippen LogP contribution in [0.4, 0.5) is 0 Å². The fraction of sp³-hybridized carbons (Fsp3) is 0.263. The minimum Gasteiger partial charge on any atom is -0.500 e. The Morgan fingerprint density at radius 1 is 0.667 bits per heavy atom. The Kier molecular flexibility index (Phi) is 13.2. The van der Waals surface area contributed by atoms with Crippen molar-refractivity contribution in [3.8, 4) is 39.5 Å². The van der Waals surface area contributed by atoms with Gasteiger partial charge in [-0.15, -0.1) is 59.7 Å². The fourth-order valence-electron chi connectivity index (χ4n) is 9.40. The van der Waals surface area contributed by atoms with Crippen molar-refractivity contribution < 1.29 is 24.5 Å². The molecule has 0 saturated heterocycles. The van der Waals surface area contributed by atoms with Crippen molar-refractivity contribution in [1.82, 2.24) is 14.5 Å². The second-order valence-corrected chi connectivity index (χ2v) is 23.7. The summed E-state index contributed by atoms with van der Waals surface area (Å²) in [5.41, 5.74) is 14.9. The Bertz CT molecular complexity index is 2960. The molecular weight excluding hydrogens is 963 g/mol. The van der Waals surface area contributed by atoms with E-state index >= 15 is 0 Å². The first kappa shape index (κ1) is 44.2. The largest absolute Gasteiger partial charge is 0.500 e. The average molecular weight is 1020 g/mol. The number of imidazole rings is 1. The average Bonchev–Trinajstić information content (AvgIpc) is 3.87. The molecular formula is C57H57IrN3OSi-2. The maximum atomic E-state index is 6.12. The van der Waals surface area contributed by atoms with Crippen molar-refractivity contribution in [3.05, 3.63) is 168 Å². The van der Waals surface area contributed by atoms with Crippen LogP contribution in [0.3, 0.4) is 0 Å². The molecule has 3 heterocycles. The molecule has 0 aliphatic heterocycles. The molecule has 0 N–H and O–H groups in total. The standard InChI is InChI=1S/C37H31N2O.C20H26NSi.Ir/c1-23(2)29-21-27(25-12-6-5-7-13-25)22-30(24(3)4)36(29)39-33-16-10-9-15-32(33)38-37(39)26-18-19-35-31(20-26)28-14-8-11-17-34(28)40-35;1-22(2,3)20-15-21-19(17-12-8-5-9-13-17)14-18(20)16-10-6-4-7-11-16;/h5-17,19-24H,1-4H3;5,8-9,12,14-16H,4,6-7,10-11H2,1-3H3;/q2*-1;. The second-order valence-electron chi connectivity index (χ2n) is 18.7. The zero-order valence-electron chi connectivity index (χ0n) is 37.6. The molecule has 1 radical (unpaired) electrons. The maximum absolute atomic E-state index is 6.12. The van der Waals surface area contributed by atoms with Crippen LogP contribution in [-0.4, -0.2) is 22.6 Å². The van der Waals surface area contributed by atoms with Crippen LogP contribution in [-0.2, 0) is 20.1 Å². The minimum absolute atomic E-state index is 0. The van der Waals surface area contributed by atoms with Gasteiger partial charge in [-0.2, -0.15) is 0 Å². The molecule has 6 heteroatoms. The minimum atomic E-state index is -1.36. The third kappa shape index (κ3) is 9.04. The van der Waals surface area contributed by atoms with Crippen LogP contribution < -0.4 is 5.19 Å². The van der Waals surface area contributed by atoms with E-state index in [9.17, 15) is 0 Å². The van der Waals surface area contributed by atoms with Gasteiger partial charge in [-0.3, -0.25) is 4.98 Å². The first-order chi connectivity index (χ1) is 30.0. The Balaban J connectivity index is 0.000000201. The third-order valence-electron chi connectivity index (χ3n) is 12.6. The quantitative estimate of drug-likeness (QED) is 0.113. The van der Waals surface area contributed by atoms with Gasteiger partial charge in [-0.1, -0.05) is 144 Å². The Morgan fingerprint density at radius 2 is 1.35 bits per heavy atom. The Hall–Kier alpha value is -5.39. The van der Waals surface area contributed by atoms with Crippen molar-refractivity contribution in [1.29, 1.82) is 0 Å². The summed E-state index contributed by atoms with van der Waals surface area (Å²) >= 11 is 0. The van der Waals surface area contributed by atoms with Crippen molar-refractivity contribution >= 4 is 46.2 Å². The van der Waals surface area contributed by atoms with Gasteiger partial charge >= 0.3 is 0 Å². The number of furan rings is 1. The van der Waals surface area contributed by atoms with Crippen LogP contribution in [0.2, 0.25) is 19.6 Å². The van der Waals surface area contributed by atoms with E-state index < -0.39 is 8.07 Å². The molecule has 10 rings (SSSR count). The van der Waals surface area contributed by atoms with E-state index in [1.54, 1.807) is 10.8 Å². The molecule has 1 aliphatic rings. The number of fused-ring (bicyclic) bond motifs is 4. The zero-order chi connectivity index (χ0) is 43.0. The maximum Gasteiger partial charge on any atom is 0.120 e. The Labute approximate surface area is 388 Å². The number of nitrogens with zero attached hydrogens (tertiary/aromatic N) is 3. The number of hydrogen-bond donors (Lipinski definition) is 0. The second kappa shape index (κ2) is 18.8. The molecule has 0 atom stereocenters. The molecule has 63 heavy (non-hydrogen) atoms. The summed E-state index contributed by atoms with van der Waals surface area (Å²) in [4.78, 5) is 9.99. The van der Waals surface area contributed by atoms with E-state index in [0.717, 1.165) is 61.5 Å². The molecule has 1 fully saturated rings. The number of para-hydroxylation sites is 3. The van der Waals surface area contributed by atoms with Gasteiger partial charge in [-0.25, -0.2) is 0 Å². The smallest absolute Gasteiger partial charge is 0.120 e. The van der Waals surface area contributed by atoms with Crippen LogP contribution in [0.1, 0.15) is 94.2 Å². The van der Waals surface area contributed by atoms with Crippen molar-refractivity contribution in [2.45, 2.75) is 97.2 Å². The van der Waals surface area contributed by atoms with Crippen LogP contribution in [0.15, 0.2) is 144 Å². The van der Waals surface area contributed by atoms with E-state index in [0.29, 0.717) is 11.8 Å². The zero-order valence-corrected chi connectivity index (χ0v) is 41.0. The first-order valence-electron chi connectivity index (χ1n) is 22.6. The van der Waals surface area contributed by atoms with E-state index in [4.69, 9.17) is 14.4 Å². The number of hydrogen-bond acceptors (Lipinski definition) is 3. The first-order valence-corrected chi connectivity index (χ1v) is 26.1. The van der Waals surface area contributed by atoms with Gasteiger partial charge in [0.15, 0.2) is 0 Å². The molecule has 321 valence electrons. The van der Waals surface area contributed by atoms with E-state index in [1.165, 1.54) is 60.0 Å². The number of benzene rings is 6. The molecule has 6 aromatic carbocycles. The summed E-state index contributed by atoms with van der Waals surface area (Å²) in [7, 11) is -1.36. The van der Waals surface area contributed by atoms with Gasteiger partial charge in [0.1, 0.15) is 5.58 Å². The molecule has 4 nitrogen and oxygen atoms in total. The van der Waals surface area contributed by atoms with Gasteiger partial charge in [-0.05, 0) is 94.1 Å². The monoisotopic (exact) mass is 1020 g/mol. The van der Waals surface area contributed by atoms with Gasteiger partial charge in [0.2, 0.25) is 0 Å². The molecule has 1 saturated carbocycles. The van der Waals surface area contributed by atoms with Crippen molar-refractivity contribution in [2.75, 3.05) is 0 Å². The third-order valence-corrected chi connectivity index (χ3v) is 14.7. The van der Waals surface area contributed by atoms with Crippen LogP contribution in [0.25, 0.3) is 72.4 Å². The molecule has 9 aromatic rings. The fourth-order valence-corrected chi connectivity index (χ4v) is 11.0. The van der Waals surface area contributed by atoms with E-state index in [2.05, 4.69) is 173 Å². The van der Waals surface area contributed by atoms with Crippen LogP contribution in [0, 0.1) is 12.1 Å². The molecule has 0 amide bonds. The van der Waals surface area contributed by atoms with Gasteiger partial charge in [0.25, 0.3) is 0 Å². The molecule has 1 aliphatic carbocycles. The molecule has 0 bridgehead atoms. The summed E-state index contributed by atoms with van der Waals surface area (Å²) in [6.07, 6.45) is 9.03. The summed E-state index contributed by atoms with van der Waals surface area (Å²) in [6.45, 7) is 16.4. The van der Waals surface area contributed by atoms with Crippen LogP contribution >= 0.6 is 0 Å². The van der Waals surface area contributed by atoms with E-state index in [1.807, 2.05) is 30.3 Å². The van der Waals surface area contributed by atoms with Crippen molar-refractivity contribution in [3.63, 3.8) is 0 Å². The summed E-state index contributed by atoms with van der Waals surface area (Å²) in [6, 6.07) is 53.6. The van der Waals surface area contributed by atoms with Gasteiger partial charge < -0.3 is 14.0 Å². The molecule has 3 aromatic heterocycles. The molecule has 0 unspecified atom stereocenters. The number of rotatable bonds is 8. The number of aromatic nitrogens is 3. The Morgan fingerprint density at radius 3 is 2.05 bits per heavy atom. The van der Waals surface area contributed by atoms with Gasteiger partial charge in [0.05, 0.1) is 30.5 Å². The van der Waals surface area contributed by atoms with E-state index in [-0.39, 0.29) is 20.1 Å². The number of pyridine rings is 1. The topological polar surface area (TPSA) is 43.9 Å². The van der Waals surface area contributed by atoms with Crippen LogP contribution in [0.5, 0.6) is 0 Å². The predicted molar refractivity (Wildman–Crippen MR) is 264 cm³/mol. The summed E-state index contributed by atoms with van der Waals surface area (Å²) in [5, 5.41) is 3.74. The molecule has 0 spiro atoms. The SMILES string of the molecule is CC(C)c1cc(-c2ccccc2)cc(C(C)C)c1-n1c(-c2[c-]cc3oc4ccccc4c3c2)nc2ccccc21.C[Si](C)(C)c1cnc(-c2[c-]cccc2)cc1C1CCCCC1.[Ir].